The molecule has 2 amide bonds. The molecule has 2 aliphatic heterocycles. The van der Waals surface area contributed by atoms with E-state index in [2.05, 4.69) is 5.32 Å². The maximum Gasteiger partial charge on any atom is 0.262 e. The predicted octanol–water partition coefficient (Wildman–Crippen LogP) is 2.29. The summed E-state index contributed by atoms with van der Waals surface area (Å²) in [5.41, 5.74) is 0.855. The predicted molar refractivity (Wildman–Crippen MR) is 96.4 cm³/mol. The topological polar surface area (TPSA) is 52.7 Å². The van der Waals surface area contributed by atoms with E-state index in [-0.39, 0.29) is 24.4 Å². The Hall–Kier alpha value is -1.73. The SMILES string of the molecule is O=C(NCc1ccc(Cl)cc1)[C@@H]1CC(F)(F)CN1C1CN(C(=O)C2CC2)C1. The number of likely N-dealkylation sites (tertiary alicyclic amines) is 2. The van der Waals surface area contributed by atoms with E-state index in [1.54, 1.807) is 34.1 Å². The van der Waals surface area contributed by atoms with Gasteiger partial charge in [-0.1, -0.05) is 23.7 Å². The van der Waals surface area contributed by atoms with Crippen LogP contribution in [0.1, 0.15) is 24.8 Å². The fourth-order valence-corrected chi connectivity index (χ4v) is 3.94. The summed E-state index contributed by atoms with van der Waals surface area (Å²) in [5.74, 6) is -3.03. The molecule has 1 aromatic rings. The minimum Gasteiger partial charge on any atom is -0.351 e. The molecule has 3 fully saturated rings. The van der Waals surface area contributed by atoms with Gasteiger partial charge in [0.2, 0.25) is 11.8 Å². The van der Waals surface area contributed by atoms with E-state index in [0.717, 1.165) is 18.4 Å². The van der Waals surface area contributed by atoms with E-state index >= 15 is 0 Å². The molecule has 146 valence electrons. The molecule has 0 spiro atoms. The van der Waals surface area contributed by atoms with Gasteiger partial charge >= 0.3 is 0 Å². The van der Waals surface area contributed by atoms with Crippen molar-refractivity contribution in [2.45, 2.75) is 43.8 Å². The monoisotopic (exact) mass is 397 g/mol. The lowest BCUT2D eigenvalue weighted by Gasteiger charge is -2.45. The summed E-state index contributed by atoms with van der Waals surface area (Å²) in [5, 5.41) is 3.35. The number of hydrogen-bond acceptors (Lipinski definition) is 3. The number of carbonyl (C=O) groups is 2. The first-order valence-electron chi connectivity index (χ1n) is 9.27. The van der Waals surface area contributed by atoms with Gasteiger partial charge in [0.25, 0.3) is 5.92 Å². The van der Waals surface area contributed by atoms with Gasteiger partial charge in [-0.15, -0.1) is 0 Å². The Morgan fingerprint density at radius 2 is 1.85 bits per heavy atom. The van der Waals surface area contributed by atoms with Gasteiger partial charge in [0.15, 0.2) is 0 Å². The molecule has 1 N–H and O–H groups in total. The molecule has 1 aromatic carbocycles. The summed E-state index contributed by atoms with van der Waals surface area (Å²) in [4.78, 5) is 27.9. The molecule has 8 heteroatoms. The Kier molecular flexibility index (Phi) is 4.84. The van der Waals surface area contributed by atoms with Crippen molar-refractivity contribution in [3.63, 3.8) is 0 Å². The largest absolute Gasteiger partial charge is 0.351 e. The lowest BCUT2D eigenvalue weighted by Crippen LogP contribution is -2.64. The second kappa shape index (κ2) is 7.02. The van der Waals surface area contributed by atoms with E-state index in [1.165, 1.54) is 0 Å². The Balaban J connectivity index is 1.35. The molecule has 0 unspecified atom stereocenters. The number of nitrogens with one attached hydrogen (secondary N) is 1. The lowest BCUT2D eigenvalue weighted by molar-refractivity contribution is -0.141. The minimum atomic E-state index is -2.89. The summed E-state index contributed by atoms with van der Waals surface area (Å²) >= 11 is 5.84. The molecule has 27 heavy (non-hydrogen) atoms. The van der Waals surface area contributed by atoms with E-state index in [4.69, 9.17) is 11.6 Å². The van der Waals surface area contributed by atoms with Crippen LogP contribution in [0, 0.1) is 5.92 Å². The average molecular weight is 398 g/mol. The van der Waals surface area contributed by atoms with Crippen LogP contribution in [-0.2, 0) is 16.1 Å². The molecule has 5 nitrogen and oxygen atoms in total. The lowest BCUT2D eigenvalue weighted by atomic mass is 10.0. The molecular formula is C19H22ClF2N3O2. The molecule has 0 radical (unpaired) electrons. The van der Waals surface area contributed by atoms with E-state index < -0.39 is 30.8 Å². The first-order valence-corrected chi connectivity index (χ1v) is 9.65. The zero-order valence-electron chi connectivity index (χ0n) is 14.8. The molecular weight excluding hydrogens is 376 g/mol. The van der Waals surface area contributed by atoms with Gasteiger partial charge < -0.3 is 10.2 Å². The maximum absolute atomic E-state index is 14.0. The van der Waals surface area contributed by atoms with Gasteiger partial charge in [-0.05, 0) is 30.5 Å². The molecule has 0 aromatic heterocycles. The number of rotatable bonds is 5. The second-order valence-electron chi connectivity index (χ2n) is 7.76. The smallest absolute Gasteiger partial charge is 0.262 e. The zero-order chi connectivity index (χ0) is 19.2. The van der Waals surface area contributed by atoms with Crippen molar-refractivity contribution in [3.8, 4) is 0 Å². The van der Waals surface area contributed by atoms with Crippen LogP contribution in [0.5, 0.6) is 0 Å². The average Bonchev–Trinajstić information content (AvgIpc) is 3.37. The van der Waals surface area contributed by atoms with Crippen molar-refractivity contribution >= 4 is 23.4 Å². The summed E-state index contributed by atoms with van der Waals surface area (Å²) in [6.07, 6.45) is 1.38. The van der Waals surface area contributed by atoms with Crippen molar-refractivity contribution in [1.82, 2.24) is 15.1 Å². The van der Waals surface area contributed by atoms with Gasteiger partial charge in [-0.2, -0.15) is 0 Å². The number of nitrogens with zero attached hydrogens (tertiary/aromatic N) is 2. The summed E-state index contributed by atoms with van der Waals surface area (Å²) in [7, 11) is 0. The third-order valence-corrected chi connectivity index (χ3v) is 5.81. The van der Waals surface area contributed by atoms with Crippen molar-refractivity contribution in [3.05, 3.63) is 34.9 Å². The number of alkyl halides is 2. The standard InChI is InChI=1S/C19H22ClF2N3O2/c20-14-5-1-12(2-6-14)8-23-17(26)16-7-19(21,22)11-25(16)15-9-24(10-15)18(27)13-3-4-13/h1-2,5-6,13,15-16H,3-4,7-11H2,(H,23,26)/t16-/m0/s1. The highest BCUT2D eigenvalue weighted by atomic mass is 35.5. The van der Waals surface area contributed by atoms with Gasteiger partial charge in [-0.25, -0.2) is 8.78 Å². The highest BCUT2D eigenvalue weighted by Crippen LogP contribution is 2.37. The molecule has 1 saturated carbocycles. The molecule has 1 atom stereocenters. The Bertz CT molecular complexity index is 733. The number of halogens is 3. The number of hydrogen-bond donors (Lipinski definition) is 1. The molecule has 3 aliphatic rings. The molecule has 2 heterocycles. The Morgan fingerprint density at radius 3 is 2.48 bits per heavy atom. The van der Waals surface area contributed by atoms with Crippen molar-refractivity contribution in [2.75, 3.05) is 19.6 Å². The maximum atomic E-state index is 14.0. The van der Waals surface area contributed by atoms with Gasteiger partial charge in [0, 0.05) is 43.0 Å². The Morgan fingerprint density at radius 1 is 1.19 bits per heavy atom. The first kappa shape index (κ1) is 18.6. The van der Waals surface area contributed by atoms with Crippen molar-refractivity contribution in [1.29, 1.82) is 0 Å². The molecule has 2 saturated heterocycles. The summed E-state index contributed by atoms with van der Waals surface area (Å²) < 4.78 is 28.0. The molecule has 4 rings (SSSR count). The quantitative estimate of drug-likeness (QED) is 0.829. The third kappa shape index (κ3) is 4.09. The van der Waals surface area contributed by atoms with E-state index in [1.807, 2.05) is 0 Å². The van der Waals surface area contributed by atoms with Gasteiger partial charge in [0.1, 0.15) is 0 Å². The molecule has 1 aliphatic carbocycles. The zero-order valence-corrected chi connectivity index (χ0v) is 15.6. The highest BCUT2D eigenvalue weighted by molar-refractivity contribution is 6.30. The summed E-state index contributed by atoms with van der Waals surface area (Å²) in [6.45, 7) is 0.712. The van der Waals surface area contributed by atoms with Gasteiger partial charge in [0.05, 0.1) is 12.6 Å². The van der Waals surface area contributed by atoms with Crippen LogP contribution in [0.15, 0.2) is 24.3 Å². The van der Waals surface area contributed by atoms with Crippen LogP contribution in [0.2, 0.25) is 5.02 Å². The van der Waals surface area contributed by atoms with E-state index in [0.29, 0.717) is 18.1 Å². The van der Waals surface area contributed by atoms with Crippen LogP contribution in [0.3, 0.4) is 0 Å². The normalized spacial score (nSPS) is 25.3. The number of benzene rings is 1. The fourth-order valence-electron chi connectivity index (χ4n) is 3.81. The third-order valence-electron chi connectivity index (χ3n) is 5.56. The number of carbonyl (C=O) groups excluding carboxylic acids is 2. The van der Waals surface area contributed by atoms with Crippen LogP contribution in [-0.4, -0.2) is 59.3 Å². The summed E-state index contributed by atoms with van der Waals surface area (Å²) in [6, 6.07) is 5.98. The van der Waals surface area contributed by atoms with E-state index in [9.17, 15) is 18.4 Å². The van der Waals surface area contributed by atoms with Crippen LogP contribution >= 0.6 is 11.6 Å². The van der Waals surface area contributed by atoms with Crippen LogP contribution in [0.4, 0.5) is 8.78 Å². The van der Waals surface area contributed by atoms with Crippen molar-refractivity contribution < 1.29 is 18.4 Å². The fraction of sp³-hybridized carbons (Fsp3) is 0.579. The minimum absolute atomic E-state index is 0.126. The molecule has 0 bridgehead atoms. The van der Waals surface area contributed by atoms with Crippen molar-refractivity contribution in [2.24, 2.45) is 5.92 Å². The first-order chi connectivity index (χ1) is 12.8. The number of amides is 2. The Labute approximate surface area is 161 Å². The second-order valence-corrected chi connectivity index (χ2v) is 8.20. The van der Waals surface area contributed by atoms with Gasteiger partial charge in [-0.3, -0.25) is 14.5 Å². The highest BCUT2D eigenvalue weighted by Gasteiger charge is 2.53. The van der Waals surface area contributed by atoms with Crippen LogP contribution < -0.4 is 5.32 Å². The van der Waals surface area contributed by atoms with Crippen LogP contribution in [0.25, 0.3) is 0 Å².